The number of ether oxygens (including phenoxy) is 1. The van der Waals surface area contributed by atoms with Crippen LogP contribution in [-0.4, -0.2) is 11.4 Å². The van der Waals surface area contributed by atoms with E-state index in [0.29, 0.717) is 0 Å². The van der Waals surface area contributed by atoms with E-state index in [1.807, 2.05) is 13.0 Å². The van der Waals surface area contributed by atoms with Crippen molar-refractivity contribution in [3.8, 4) is 0 Å². The number of hydrogen-bond acceptors (Lipinski definition) is 3. The smallest absolute Gasteiger partial charge is 0.304 e. The van der Waals surface area contributed by atoms with Gasteiger partial charge in [0.05, 0.1) is 0 Å². The van der Waals surface area contributed by atoms with Crippen LogP contribution < -0.4 is 0 Å². The first-order chi connectivity index (χ1) is 6.97. The number of carbonyl (C=O) groups excluding carboxylic acids is 1. The molecule has 0 spiro atoms. The molecule has 0 rings (SSSR count). The highest BCUT2D eigenvalue weighted by Gasteiger charge is 2.10. The lowest BCUT2D eigenvalue weighted by Gasteiger charge is -2.14. The van der Waals surface area contributed by atoms with Crippen molar-refractivity contribution >= 4 is 18.6 Å². The summed E-state index contributed by atoms with van der Waals surface area (Å²) in [4.78, 5) is 10.7. The van der Waals surface area contributed by atoms with Crippen molar-refractivity contribution in [2.75, 3.05) is 0 Å². The van der Waals surface area contributed by atoms with E-state index in [2.05, 4.69) is 32.6 Å². The lowest BCUT2D eigenvalue weighted by molar-refractivity contribution is -0.141. The molecule has 0 aromatic rings. The van der Waals surface area contributed by atoms with E-state index in [-0.39, 0.29) is 5.97 Å². The lowest BCUT2D eigenvalue weighted by Crippen LogP contribution is -2.12. The second kappa shape index (κ2) is 7.57. The number of rotatable bonds is 5. The third kappa shape index (κ3) is 7.25. The quantitative estimate of drug-likeness (QED) is 0.337. The van der Waals surface area contributed by atoms with Gasteiger partial charge in [0.25, 0.3) is 0 Å². The fourth-order valence-corrected chi connectivity index (χ4v) is 1.60. The molecule has 0 N–H and O–H groups in total. The minimum Gasteiger partial charge on any atom is -0.447 e. The Balaban J connectivity index is 4.14. The third-order valence-electron chi connectivity index (χ3n) is 1.95. The van der Waals surface area contributed by atoms with Crippen LogP contribution in [0.5, 0.6) is 0 Å². The molecule has 0 bridgehead atoms. The third-order valence-corrected chi connectivity index (χ3v) is 2.39. The van der Waals surface area contributed by atoms with E-state index in [1.165, 1.54) is 12.5 Å². The average Bonchev–Trinajstić information content (AvgIpc) is 2.10. The van der Waals surface area contributed by atoms with Crippen molar-refractivity contribution in [2.45, 2.75) is 46.0 Å². The maximum absolute atomic E-state index is 10.7. The van der Waals surface area contributed by atoms with Crippen LogP contribution in [0.25, 0.3) is 0 Å². The summed E-state index contributed by atoms with van der Waals surface area (Å²) in [7, 11) is 0. The Hall–Kier alpha value is -0.700. The molecule has 0 aliphatic carbocycles. The maximum atomic E-state index is 10.7. The molecule has 0 fully saturated rings. The van der Waals surface area contributed by atoms with Crippen LogP contribution >= 0.6 is 12.6 Å². The number of carbonyl (C=O) groups is 1. The van der Waals surface area contributed by atoms with E-state index < -0.39 is 5.44 Å². The van der Waals surface area contributed by atoms with Crippen LogP contribution in [0, 0.1) is 0 Å². The number of thiol groups is 1. The molecule has 0 aromatic carbocycles. The molecule has 0 saturated heterocycles. The van der Waals surface area contributed by atoms with Gasteiger partial charge < -0.3 is 4.74 Å². The summed E-state index contributed by atoms with van der Waals surface area (Å²) in [6.07, 6.45) is 5.96. The van der Waals surface area contributed by atoms with E-state index in [1.54, 1.807) is 0 Å². The Kier molecular flexibility index (Phi) is 7.22. The molecule has 0 aromatic heterocycles. The van der Waals surface area contributed by atoms with Crippen LogP contribution in [0.2, 0.25) is 0 Å². The summed E-state index contributed by atoms with van der Waals surface area (Å²) in [5, 5.41) is 0. The summed E-state index contributed by atoms with van der Waals surface area (Å²) >= 11 is 4.24. The Morgan fingerprint density at radius 1 is 1.40 bits per heavy atom. The Morgan fingerprint density at radius 3 is 2.40 bits per heavy atom. The topological polar surface area (TPSA) is 26.3 Å². The zero-order valence-corrected chi connectivity index (χ0v) is 10.8. The van der Waals surface area contributed by atoms with Crippen molar-refractivity contribution in [1.82, 2.24) is 0 Å². The van der Waals surface area contributed by atoms with Crippen molar-refractivity contribution in [2.24, 2.45) is 0 Å². The van der Waals surface area contributed by atoms with Crippen LogP contribution in [0.3, 0.4) is 0 Å². The first-order valence-corrected chi connectivity index (χ1v) is 5.62. The Bertz CT molecular complexity index is 263. The number of esters is 1. The van der Waals surface area contributed by atoms with Gasteiger partial charge in [-0.15, -0.1) is 12.6 Å². The van der Waals surface area contributed by atoms with Gasteiger partial charge >= 0.3 is 5.97 Å². The molecule has 0 saturated carbocycles. The fourth-order valence-electron chi connectivity index (χ4n) is 1.17. The molecule has 0 radical (unpaired) electrons. The molecular weight excluding hydrogens is 208 g/mol. The fraction of sp³-hybridized carbons (Fsp3) is 0.583. The second-order valence-electron chi connectivity index (χ2n) is 3.65. The Labute approximate surface area is 97.8 Å². The number of allylic oxidation sites excluding steroid dienone is 3. The minimum absolute atomic E-state index is 0.295. The predicted octanol–water partition coefficient (Wildman–Crippen LogP) is 3.50. The zero-order valence-electron chi connectivity index (χ0n) is 9.91. The van der Waals surface area contributed by atoms with Gasteiger partial charge in [0.1, 0.15) is 0 Å². The molecule has 2 nitrogen and oxygen atoms in total. The molecule has 0 aliphatic heterocycles. The summed E-state index contributed by atoms with van der Waals surface area (Å²) in [6.45, 7) is 7.47. The molecule has 0 amide bonds. The summed E-state index contributed by atoms with van der Waals surface area (Å²) in [5.74, 6) is -0.295. The van der Waals surface area contributed by atoms with Gasteiger partial charge in [-0.3, -0.25) is 4.79 Å². The van der Waals surface area contributed by atoms with Crippen molar-refractivity contribution < 1.29 is 9.53 Å². The second-order valence-corrected chi connectivity index (χ2v) is 4.11. The molecule has 1 unspecified atom stereocenters. The molecular formula is C12H20O2S. The predicted molar refractivity (Wildman–Crippen MR) is 67.0 cm³/mol. The van der Waals surface area contributed by atoms with Gasteiger partial charge in [0, 0.05) is 6.92 Å². The van der Waals surface area contributed by atoms with Gasteiger partial charge in [-0.1, -0.05) is 17.7 Å². The monoisotopic (exact) mass is 228 g/mol. The highest BCUT2D eigenvalue weighted by Crippen LogP contribution is 2.17. The zero-order chi connectivity index (χ0) is 11.8. The van der Waals surface area contributed by atoms with Crippen molar-refractivity contribution in [1.29, 1.82) is 0 Å². The molecule has 0 aliphatic rings. The summed E-state index contributed by atoms with van der Waals surface area (Å²) < 4.78 is 5.00. The summed E-state index contributed by atoms with van der Waals surface area (Å²) in [5.41, 5.74) is 1.94. The highest BCUT2D eigenvalue weighted by molar-refractivity contribution is 7.81. The van der Waals surface area contributed by atoms with Gasteiger partial charge in [0.15, 0.2) is 5.44 Å². The van der Waals surface area contributed by atoms with Crippen LogP contribution in [0.15, 0.2) is 23.3 Å². The van der Waals surface area contributed by atoms with Crippen LogP contribution in [0.1, 0.15) is 40.5 Å². The van der Waals surface area contributed by atoms with Gasteiger partial charge in [-0.25, -0.2) is 0 Å². The van der Waals surface area contributed by atoms with Crippen LogP contribution in [0.4, 0.5) is 0 Å². The molecule has 86 valence electrons. The molecule has 15 heavy (non-hydrogen) atoms. The van der Waals surface area contributed by atoms with Crippen LogP contribution in [-0.2, 0) is 9.53 Å². The maximum Gasteiger partial charge on any atom is 0.304 e. The first-order valence-electron chi connectivity index (χ1n) is 5.11. The SMILES string of the molecule is C/C=C(\CCC=C(C)C)C(S)OC(C)=O. The number of hydrogen-bond donors (Lipinski definition) is 1. The average molecular weight is 228 g/mol. The molecule has 1 atom stereocenters. The molecule has 3 heteroatoms. The van der Waals surface area contributed by atoms with E-state index in [4.69, 9.17) is 4.74 Å². The highest BCUT2D eigenvalue weighted by atomic mass is 32.1. The summed E-state index contributed by atoms with van der Waals surface area (Å²) in [6, 6.07) is 0. The van der Waals surface area contributed by atoms with Gasteiger partial charge in [-0.2, -0.15) is 0 Å². The van der Waals surface area contributed by atoms with Crippen molar-refractivity contribution in [3.05, 3.63) is 23.3 Å². The van der Waals surface area contributed by atoms with Gasteiger partial charge in [-0.05, 0) is 39.2 Å². The minimum atomic E-state index is -0.405. The standard InChI is InChI=1S/C12H20O2S/c1-5-11(8-6-7-9(2)3)12(15)14-10(4)13/h5,7,12,15H,6,8H2,1-4H3/b11-5+. The first kappa shape index (κ1) is 14.3. The van der Waals surface area contributed by atoms with E-state index in [9.17, 15) is 4.79 Å². The van der Waals surface area contributed by atoms with E-state index >= 15 is 0 Å². The normalized spacial score (nSPS) is 13.3. The molecule has 0 heterocycles. The Morgan fingerprint density at radius 2 is 2.00 bits per heavy atom. The van der Waals surface area contributed by atoms with E-state index in [0.717, 1.165) is 18.4 Å². The largest absolute Gasteiger partial charge is 0.447 e. The van der Waals surface area contributed by atoms with Crippen molar-refractivity contribution in [3.63, 3.8) is 0 Å². The lowest BCUT2D eigenvalue weighted by atomic mass is 10.1. The van der Waals surface area contributed by atoms with Gasteiger partial charge in [0.2, 0.25) is 0 Å².